The number of aromatic nitrogens is 1. The minimum atomic E-state index is -0.892. The first-order chi connectivity index (χ1) is 14.5. The fraction of sp³-hybridized carbons (Fsp3) is 0.125. The Morgan fingerprint density at radius 1 is 0.867 bits per heavy atom. The van der Waals surface area contributed by atoms with Gasteiger partial charge in [-0.2, -0.15) is 0 Å². The molecule has 0 fully saturated rings. The number of carboxylic acid groups (broad SMARTS) is 1. The van der Waals surface area contributed by atoms with E-state index in [1.54, 1.807) is 34.0 Å². The molecule has 0 saturated carbocycles. The molecular formula is C24H19NO2S3. The van der Waals surface area contributed by atoms with Gasteiger partial charge in [-0.05, 0) is 61.4 Å². The molecule has 0 radical (unpaired) electrons. The van der Waals surface area contributed by atoms with Crippen LogP contribution in [0.2, 0.25) is 0 Å². The molecule has 0 aliphatic carbocycles. The van der Waals surface area contributed by atoms with Crippen molar-refractivity contribution in [1.82, 2.24) is 4.57 Å². The second kappa shape index (κ2) is 7.54. The van der Waals surface area contributed by atoms with Crippen LogP contribution in [0.25, 0.3) is 30.4 Å². The minimum Gasteiger partial charge on any atom is -0.477 e. The Balaban J connectivity index is 1.63. The monoisotopic (exact) mass is 449 g/mol. The van der Waals surface area contributed by atoms with Gasteiger partial charge in [-0.25, -0.2) is 4.79 Å². The topological polar surface area (TPSA) is 42.2 Å². The van der Waals surface area contributed by atoms with Gasteiger partial charge in [-0.15, -0.1) is 34.0 Å². The maximum absolute atomic E-state index is 12.0. The average molecular weight is 450 g/mol. The van der Waals surface area contributed by atoms with E-state index in [0.29, 0.717) is 12.2 Å². The molecule has 0 aliphatic rings. The van der Waals surface area contributed by atoms with Crippen molar-refractivity contribution in [3.63, 3.8) is 0 Å². The van der Waals surface area contributed by atoms with E-state index in [1.165, 1.54) is 24.4 Å². The van der Waals surface area contributed by atoms with Crippen LogP contribution >= 0.6 is 34.0 Å². The summed E-state index contributed by atoms with van der Waals surface area (Å²) in [5, 5.41) is 9.83. The molecule has 0 spiro atoms. The van der Waals surface area contributed by atoms with Crippen LogP contribution in [0.15, 0.2) is 60.7 Å². The van der Waals surface area contributed by atoms with Gasteiger partial charge in [-0.1, -0.05) is 24.3 Å². The number of thiophene rings is 3. The van der Waals surface area contributed by atoms with Gasteiger partial charge in [-0.3, -0.25) is 0 Å². The summed E-state index contributed by atoms with van der Waals surface area (Å²) in [6.45, 7) is 4.74. The quantitative estimate of drug-likeness (QED) is 0.301. The normalized spacial score (nSPS) is 11.4. The van der Waals surface area contributed by atoms with Crippen LogP contribution < -0.4 is 0 Å². The molecule has 0 amide bonds. The van der Waals surface area contributed by atoms with Crippen molar-refractivity contribution in [1.29, 1.82) is 0 Å². The summed E-state index contributed by atoms with van der Waals surface area (Å²) in [7, 11) is 0. The molecule has 0 aliphatic heterocycles. The fourth-order valence-corrected chi connectivity index (χ4v) is 6.70. The molecule has 6 heteroatoms. The molecule has 150 valence electrons. The van der Waals surface area contributed by atoms with Crippen molar-refractivity contribution in [3.05, 3.63) is 81.7 Å². The maximum atomic E-state index is 12.0. The van der Waals surface area contributed by atoms with E-state index in [2.05, 4.69) is 56.3 Å². The lowest BCUT2D eigenvalue weighted by atomic mass is 10.1. The van der Waals surface area contributed by atoms with Gasteiger partial charge in [0.05, 0.1) is 10.2 Å². The number of fused-ring (bicyclic) bond motifs is 1. The summed E-state index contributed by atoms with van der Waals surface area (Å²) < 4.78 is 2.95. The van der Waals surface area contributed by atoms with Crippen molar-refractivity contribution in [2.24, 2.45) is 0 Å². The van der Waals surface area contributed by atoms with Crippen molar-refractivity contribution in [3.8, 4) is 20.2 Å². The first-order valence-electron chi connectivity index (χ1n) is 9.57. The third-order valence-electron chi connectivity index (χ3n) is 5.14. The number of aromatic carboxylic acids is 1. The molecule has 0 bridgehead atoms. The van der Waals surface area contributed by atoms with Crippen LogP contribution in [0.4, 0.5) is 0 Å². The second-order valence-electron chi connectivity index (χ2n) is 7.26. The van der Waals surface area contributed by atoms with Crippen LogP contribution in [-0.2, 0) is 6.54 Å². The van der Waals surface area contributed by atoms with Gasteiger partial charge >= 0.3 is 5.97 Å². The Morgan fingerprint density at radius 2 is 1.57 bits per heavy atom. The Labute approximate surface area is 186 Å². The number of carboxylic acids is 1. The lowest BCUT2D eigenvalue weighted by molar-refractivity contribution is 0.0686. The van der Waals surface area contributed by atoms with Gasteiger partial charge in [0.1, 0.15) is 5.69 Å². The predicted octanol–water partition coefficient (Wildman–Crippen LogP) is 7.52. The van der Waals surface area contributed by atoms with Crippen LogP contribution in [0.3, 0.4) is 0 Å². The highest BCUT2D eigenvalue weighted by Crippen LogP contribution is 2.39. The van der Waals surface area contributed by atoms with Crippen LogP contribution in [-0.4, -0.2) is 15.6 Å². The van der Waals surface area contributed by atoms with Crippen molar-refractivity contribution >= 4 is 50.2 Å². The highest BCUT2D eigenvalue weighted by Gasteiger charge is 2.19. The summed E-state index contributed by atoms with van der Waals surface area (Å²) in [6.07, 6.45) is 0. The molecular weight excluding hydrogens is 430 g/mol. The highest BCUT2D eigenvalue weighted by atomic mass is 32.1. The summed E-state index contributed by atoms with van der Waals surface area (Å²) in [4.78, 5) is 18.2. The third kappa shape index (κ3) is 3.41. The van der Waals surface area contributed by atoms with E-state index in [-0.39, 0.29) is 0 Å². The smallest absolute Gasteiger partial charge is 0.352 e. The summed E-state index contributed by atoms with van der Waals surface area (Å²) in [5.74, 6) is -0.892. The van der Waals surface area contributed by atoms with Crippen molar-refractivity contribution < 1.29 is 9.90 Å². The molecule has 30 heavy (non-hydrogen) atoms. The van der Waals surface area contributed by atoms with Crippen LogP contribution in [0.1, 0.15) is 25.8 Å². The lowest BCUT2D eigenvalue weighted by Gasteiger charge is -2.12. The van der Waals surface area contributed by atoms with Crippen LogP contribution in [0, 0.1) is 13.8 Å². The Kier molecular flexibility index (Phi) is 4.85. The molecule has 1 N–H and O–H groups in total. The fourth-order valence-electron chi connectivity index (χ4n) is 3.73. The van der Waals surface area contributed by atoms with Crippen molar-refractivity contribution in [2.45, 2.75) is 20.4 Å². The lowest BCUT2D eigenvalue weighted by Crippen LogP contribution is -2.09. The molecule has 5 rings (SSSR count). The van der Waals surface area contributed by atoms with Gasteiger partial charge in [0.15, 0.2) is 0 Å². The van der Waals surface area contributed by atoms with E-state index in [1.807, 2.05) is 22.8 Å². The summed E-state index contributed by atoms with van der Waals surface area (Å²) >= 11 is 5.19. The molecule has 4 aromatic heterocycles. The molecule has 3 nitrogen and oxygen atoms in total. The predicted molar refractivity (Wildman–Crippen MR) is 128 cm³/mol. The summed E-state index contributed by atoms with van der Waals surface area (Å²) in [5.41, 5.74) is 3.61. The van der Waals surface area contributed by atoms with E-state index in [9.17, 15) is 9.90 Å². The van der Waals surface area contributed by atoms with Gasteiger partial charge < -0.3 is 9.67 Å². The molecule has 1 aromatic carbocycles. The number of benzene rings is 1. The van der Waals surface area contributed by atoms with Crippen LogP contribution in [0.5, 0.6) is 0 Å². The number of nitrogens with zero attached hydrogens (tertiary/aromatic N) is 1. The van der Waals surface area contributed by atoms with Gasteiger partial charge in [0, 0.05) is 30.9 Å². The van der Waals surface area contributed by atoms with Gasteiger partial charge in [0.25, 0.3) is 0 Å². The molecule has 0 unspecified atom stereocenters. The summed E-state index contributed by atoms with van der Waals surface area (Å²) in [6, 6.07) is 20.8. The van der Waals surface area contributed by atoms with Crippen molar-refractivity contribution in [2.75, 3.05) is 0 Å². The first-order valence-corrected chi connectivity index (χ1v) is 12.0. The molecule has 4 heterocycles. The first kappa shape index (κ1) is 19.3. The zero-order valence-electron chi connectivity index (χ0n) is 16.5. The Hall–Kier alpha value is -2.67. The van der Waals surface area contributed by atoms with E-state index >= 15 is 0 Å². The minimum absolute atomic E-state index is 0.335. The SMILES string of the molecule is Cc1ccc(-c2cc3c(cc(C(=O)O)n3Cc3ccccc3-c3ccc(C)s3)s2)s1. The molecule has 0 saturated heterocycles. The number of aryl methyl sites for hydroxylation is 2. The number of hydrogen-bond donors (Lipinski definition) is 1. The largest absolute Gasteiger partial charge is 0.477 e. The van der Waals surface area contributed by atoms with E-state index in [4.69, 9.17) is 0 Å². The zero-order chi connectivity index (χ0) is 20.8. The highest BCUT2D eigenvalue weighted by molar-refractivity contribution is 7.26. The number of hydrogen-bond acceptors (Lipinski definition) is 4. The third-order valence-corrected chi connectivity index (χ3v) is 8.45. The number of carbonyl (C=O) groups is 1. The zero-order valence-corrected chi connectivity index (χ0v) is 19.0. The average Bonchev–Trinajstić information content (AvgIpc) is 3.47. The van der Waals surface area contributed by atoms with Gasteiger partial charge in [0.2, 0.25) is 0 Å². The second-order valence-corrected chi connectivity index (χ2v) is 10.9. The van der Waals surface area contributed by atoms with E-state index < -0.39 is 5.97 Å². The van der Waals surface area contributed by atoms with E-state index in [0.717, 1.165) is 21.3 Å². The molecule has 0 atom stereocenters. The standard InChI is InChI=1S/C24H19NO2S3/c1-14-7-9-20(28-14)17-6-4-3-5-16(17)13-25-18-11-23(21-10-8-15(2)29-21)30-22(18)12-19(25)24(26)27/h3-12H,13H2,1-2H3,(H,26,27). The molecule has 5 aromatic rings. The number of rotatable bonds is 5. The maximum Gasteiger partial charge on any atom is 0.352 e. The Morgan fingerprint density at radius 3 is 2.23 bits per heavy atom. The Bertz CT molecular complexity index is 1380.